The maximum Gasteiger partial charge on any atom is 0.256 e. The van der Waals surface area contributed by atoms with E-state index in [4.69, 9.17) is 0 Å². The van der Waals surface area contributed by atoms with Gasteiger partial charge in [0.2, 0.25) is 0 Å². The van der Waals surface area contributed by atoms with Crippen LogP contribution in [0.15, 0.2) is 30.7 Å². The van der Waals surface area contributed by atoms with Gasteiger partial charge >= 0.3 is 0 Å². The molecule has 3 rings (SSSR count). The van der Waals surface area contributed by atoms with Crippen LogP contribution in [0.4, 0.5) is 14.6 Å². The Morgan fingerprint density at radius 1 is 1.27 bits per heavy atom. The summed E-state index contributed by atoms with van der Waals surface area (Å²) in [5.74, 6) is -0.698. The third-order valence-corrected chi connectivity index (χ3v) is 4.36. The van der Waals surface area contributed by atoms with Crippen LogP contribution in [0.5, 0.6) is 0 Å². The van der Waals surface area contributed by atoms with Gasteiger partial charge in [-0.1, -0.05) is 0 Å². The van der Waals surface area contributed by atoms with Gasteiger partial charge in [0.25, 0.3) is 5.91 Å². The number of hydrogen-bond acceptors (Lipinski definition) is 6. The van der Waals surface area contributed by atoms with Crippen LogP contribution in [-0.2, 0) is 0 Å². The molecule has 0 saturated heterocycles. The average molecular weight is 418 g/mol. The van der Waals surface area contributed by atoms with Crippen LogP contribution in [0.2, 0.25) is 0 Å². The summed E-state index contributed by atoms with van der Waals surface area (Å²) in [7, 11) is 0. The van der Waals surface area contributed by atoms with Crippen LogP contribution < -0.4 is 10.6 Å². The molecular weight excluding hydrogens is 394 g/mol. The Balaban J connectivity index is 1.99. The molecule has 1 amide bonds. The van der Waals surface area contributed by atoms with E-state index in [-0.39, 0.29) is 18.2 Å². The summed E-state index contributed by atoms with van der Waals surface area (Å²) in [6.07, 6.45) is 2.29. The van der Waals surface area contributed by atoms with Crippen molar-refractivity contribution in [2.75, 3.05) is 11.9 Å². The number of fused-ring (bicyclic) bond motifs is 1. The maximum atomic E-state index is 14.0. The molecule has 8 nitrogen and oxygen atoms in total. The van der Waals surface area contributed by atoms with Gasteiger partial charge in [0.15, 0.2) is 5.65 Å². The van der Waals surface area contributed by atoms with E-state index in [0.29, 0.717) is 22.7 Å². The first kappa shape index (κ1) is 21.6. The molecule has 160 valence electrons. The number of aromatic nitrogens is 4. The highest BCUT2D eigenvalue weighted by atomic mass is 19.1. The van der Waals surface area contributed by atoms with E-state index in [1.807, 2.05) is 13.8 Å². The zero-order valence-corrected chi connectivity index (χ0v) is 17.1. The number of nitrogens with one attached hydrogen (secondary N) is 2. The number of halogens is 2. The quantitative estimate of drug-likeness (QED) is 0.545. The summed E-state index contributed by atoms with van der Waals surface area (Å²) in [5.41, 5.74) is -0.0816. The summed E-state index contributed by atoms with van der Waals surface area (Å²) < 4.78 is 29.0. The standard InChI is InChI=1S/C20H24F2N6O2/c1-11(2)26-18-14(19(29)25-10-16(22)20(3,4)30)9-24-17-6-15(27-28(17)18)12-5-13(21)8-23-7-12/h5-9,11,16,26,30H,10H2,1-4H3,(H,25,29). The van der Waals surface area contributed by atoms with Gasteiger partial charge in [-0.15, -0.1) is 0 Å². The molecule has 1 unspecified atom stereocenters. The van der Waals surface area contributed by atoms with Crippen molar-refractivity contribution in [1.82, 2.24) is 24.9 Å². The van der Waals surface area contributed by atoms with Crippen molar-refractivity contribution in [3.63, 3.8) is 0 Å². The average Bonchev–Trinajstić information content (AvgIpc) is 3.10. The first-order valence-electron chi connectivity index (χ1n) is 9.47. The highest BCUT2D eigenvalue weighted by Crippen LogP contribution is 2.24. The van der Waals surface area contributed by atoms with E-state index in [2.05, 4.69) is 25.7 Å². The Kier molecular flexibility index (Phi) is 5.97. The fourth-order valence-corrected chi connectivity index (χ4v) is 2.73. The minimum absolute atomic E-state index is 0.0454. The molecule has 3 aromatic rings. The minimum Gasteiger partial charge on any atom is -0.387 e. The molecule has 0 aliphatic rings. The van der Waals surface area contributed by atoms with Gasteiger partial charge in [-0.2, -0.15) is 9.61 Å². The van der Waals surface area contributed by atoms with Gasteiger partial charge in [-0.05, 0) is 33.8 Å². The molecule has 0 saturated carbocycles. The monoisotopic (exact) mass is 418 g/mol. The molecule has 0 aromatic carbocycles. The Morgan fingerprint density at radius 3 is 2.63 bits per heavy atom. The Bertz CT molecular complexity index is 1060. The Morgan fingerprint density at radius 2 is 2.00 bits per heavy atom. The van der Waals surface area contributed by atoms with Gasteiger partial charge in [0.1, 0.15) is 23.4 Å². The normalized spacial score (nSPS) is 12.9. The summed E-state index contributed by atoms with van der Waals surface area (Å²) in [5, 5.41) is 19.8. The fourth-order valence-electron chi connectivity index (χ4n) is 2.73. The van der Waals surface area contributed by atoms with Crippen LogP contribution in [0.3, 0.4) is 0 Å². The number of alkyl halides is 1. The lowest BCUT2D eigenvalue weighted by atomic mass is 10.0. The van der Waals surface area contributed by atoms with Crippen LogP contribution in [0.1, 0.15) is 38.1 Å². The van der Waals surface area contributed by atoms with Gasteiger partial charge in [0, 0.05) is 30.1 Å². The number of carbonyl (C=O) groups is 1. The van der Waals surface area contributed by atoms with Gasteiger partial charge < -0.3 is 15.7 Å². The van der Waals surface area contributed by atoms with E-state index in [0.717, 1.165) is 6.20 Å². The molecule has 0 aliphatic carbocycles. The van der Waals surface area contributed by atoms with Crippen molar-refractivity contribution in [2.24, 2.45) is 0 Å². The van der Waals surface area contributed by atoms with E-state index in [1.54, 1.807) is 6.07 Å². The third-order valence-electron chi connectivity index (χ3n) is 4.36. The van der Waals surface area contributed by atoms with Crippen LogP contribution in [0.25, 0.3) is 16.9 Å². The molecule has 3 N–H and O–H groups in total. The molecule has 0 aliphatic heterocycles. The number of hydrogen-bond donors (Lipinski definition) is 3. The van der Waals surface area contributed by atoms with Gasteiger partial charge in [-0.25, -0.2) is 13.8 Å². The van der Waals surface area contributed by atoms with Crippen molar-refractivity contribution >= 4 is 17.4 Å². The van der Waals surface area contributed by atoms with Crippen molar-refractivity contribution in [1.29, 1.82) is 0 Å². The first-order chi connectivity index (χ1) is 14.1. The van der Waals surface area contributed by atoms with Crippen LogP contribution in [-0.4, -0.2) is 55.0 Å². The fraction of sp³-hybridized carbons (Fsp3) is 0.400. The van der Waals surface area contributed by atoms with Gasteiger partial charge in [-0.3, -0.25) is 9.78 Å². The highest BCUT2D eigenvalue weighted by molar-refractivity contribution is 5.99. The summed E-state index contributed by atoms with van der Waals surface area (Å²) in [6, 6.07) is 2.90. The smallest absolute Gasteiger partial charge is 0.256 e. The van der Waals surface area contributed by atoms with E-state index in [9.17, 15) is 18.7 Å². The second-order valence-electron chi connectivity index (χ2n) is 7.84. The zero-order chi connectivity index (χ0) is 22.1. The SMILES string of the molecule is CC(C)Nc1c(C(=O)NCC(F)C(C)(C)O)cnc2cc(-c3cncc(F)c3)nn12. The molecule has 0 spiro atoms. The highest BCUT2D eigenvalue weighted by Gasteiger charge is 2.27. The molecule has 3 heterocycles. The summed E-state index contributed by atoms with van der Waals surface area (Å²) in [4.78, 5) is 20.8. The number of carbonyl (C=O) groups excluding carboxylic acids is 1. The molecule has 10 heteroatoms. The maximum absolute atomic E-state index is 14.0. The van der Waals surface area contributed by atoms with Crippen LogP contribution in [0, 0.1) is 5.82 Å². The van der Waals surface area contributed by atoms with Crippen molar-refractivity contribution in [2.45, 2.75) is 45.5 Å². The number of nitrogens with zero attached hydrogens (tertiary/aromatic N) is 4. The van der Waals surface area contributed by atoms with E-state index in [1.165, 1.54) is 36.8 Å². The van der Waals surface area contributed by atoms with E-state index >= 15 is 0 Å². The predicted octanol–water partition coefficient (Wildman–Crippen LogP) is 2.59. The number of anilines is 1. The summed E-state index contributed by atoms with van der Waals surface area (Å²) in [6.45, 7) is 6.08. The second-order valence-corrected chi connectivity index (χ2v) is 7.84. The third kappa shape index (κ3) is 4.70. The molecule has 3 aromatic heterocycles. The topological polar surface area (TPSA) is 104 Å². The Labute approximate surface area is 172 Å². The van der Waals surface area contributed by atoms with Crippen molar-refractivity contribution in [3.05, 3.63) is 42.1 Å². The van der Waals surface area contributed by atoms with Crippen LogP contribution >= 0.6 is 0 Å². The predicted molar refractivity (Wildman–Crippen MR) is 108 cm³/mol. The lowest BCUT2D eigenvalue weighted by Gasteiger charge is -2.22. The lowest BCUT2D eigenvalue weighted by molar-refractivity contribution is -0.00177. The molecule has 0 fully saturated rings. The molecule has 30 heavy (non-hydrogen) atoms. The zero-order valence-electron chi connectivity index (χ0n) is 17.1. The van der Waals surface area contributed by atoms with E-state index < -0.39 is 23.5 Å². The van der Waals surface area contributed by atoms with Gasteiger partial charge in [0.05, 0.1) is 24.0 Å². The molecule has 0 bridgehead atoms. The molecule has 1 atom stereocenters. The molecular formula is C20H24F2N6O2. The number of rotatable bonds is 7. The van der Waals surface area contributed by atoms with Crippen molar-refractivity contribution in [3.8, 4) is 11.3 Å². The summed E-state index contributed by atoms with van der Waals surface area (Å²) >= 11 is 0. The lowest BCUT2D eigenvalue weighted by Crippen LogP contribution is -2.42. The number of pyridine rings is 1. The minimum atomic E-state index is -1.64. The van der Waals surface area contributed by atoms with Crippen molar-refractivity contribution < 1.29 is 18.7 Å². The Hall–Kier alpha value is -3.14. The molecule has 0 radical (unpaired) electrons. The number of aliphatic hydroxyl groups is 1. The largest absolute Gasteiger partial charge is 0.387 e. The first-order valence-corrected chi connectivity index (χ1v) is 9.47. The second kappa shape index (κ2) is 8.31. The number of amides is 1.